The van der Waals surface area contributed by atoms with Crippen LogP contribution in [-0.2, 0) is 35.0 Å². The van der Waals surface area contributed by atoms with Gasteiger partial charge in [-0.15, -0.1) is 0 Å². The van der Waals surface area contributed by atoms with Crippen molar-refractivity contribution < 1.29 is 40.6 Å². The maximum absolute atomic E-state index is 13.9. The molecule has 0 saturated carbocycles. The van der Waals surface area contributed by atoms with Crippen LogP contribution in [0.15, 0.2) is 54.6 Å². The number of aromatic nitrogens is 2. The van der Waals surface area contributed by atoms with Crippen molar-refractivity contribution >= 4 is 11.8 Å². The van der Waals surface area contributed by atoms with E-state index in [2.05, 4.69) is 5.10 Å². The van der Waals surface area contributed by atoms with Gasteiger partial charge in [-0.25, -0.2) is 9.48 Å². The molecule has 1 aromatic heterocycles. The van der Waals surface area contributed by atoms with Crippen molar-refractivity contribution in [2.24, 2.45) is 0 Å². The number of anilines is 1. The van der Waals surface area contributed by atoms with Gasteiger partial charge in [-0.1, -0.05) is 42.5 Å². The number of ether oxygens (including phenoxy) is 2. The van der Waals surface area contributed by atoms with Gasteiger partial charge in [-0.3, -0.25) is 0 Å². The number of fused-ring (bicyclic) bond motifs is 1. The zero-order chi connectivity index (χ0) is 26.8. The lowest BCUT2D eigenvalue weighted by atomic mass is 10.1. The fraction of sp³-hybridized carbons (Fsp3) is 0.360. The van der Waals surface area contributed by atoms with Crippen molar-refractivity contribution in [3.8, 4) is 0 Å². The highest BCUT2D eigenvalue weighted by molar-refractivity contribution is 5.97. The maximum Gasteiger partial charge on any atom is 0.436 e. The quantitative estimate of drug-likeness (QED) is 0.271. The van der Waals surface area contributed by atoms with Gasteiger partial charge in [0, 0.05) is 13.1 Å². The van der Waals surface area contributed by atoms with Crippen LogP contribution in [0.25, 0.3) is 0 Å². The van der Waals surface area contributed by atoms with Crippen molar-refractivity contribution in [3.05, 3.63) is 82.5 Å². The summed E-state index contributed by atoms with van der Waals surface area (Å²) in [5, 5.41) is 3.71. The third kappa shape index (κ3) is 5.90. The van der Waals surface area contributed by atoms with E-state index in [0.29, 0.717) is 0 Å². The number of esters is 1. The normalized spacial score (nSPS) is 15.6. The SMILES string of the molecule is CCOC(=O)c1c(C(F)(F)F)nn2c1N(Cc1cccc(C(F)(F)F)c1)CC2COCc1ccccc1. The Morgan fingerprint density at radius 2 is 1.70 bits per heavy atom. The Morgan fingerprint density at radius 1 is 1.00 bits per heavy atom. The lowest BCUT2D eigenvalue weighted by Crippen LogP contribution is -2.26. The topological polar surface area (TPSA) is 56.6 Å². The third-order valence-corrected chi connectivity index (χ3v) is 5.76. The van der Waals surface area contributed by atoms with Crippen LogP contribution in [0, 0.1) is 0 Å². The second-order valence-corrected chi connectivity index (χ2v) is 8.44. The van der Waals surface area contributed by atoms with Crippen LogP contribution in [0.3, 0.4) is 0 Å². The highest BCUT2D eigenvalue weighted by Crippen LogP contribution is 2.42. The van der Waals surface area contributed by atoms with E-state index >= 15 is 0 Å². The number of hydrogen-bond donors (Lipinski definition) is 0. The standard InChI is InChI=1S/C25H23F6N3O3/c1-2-37-23(35)20-21(25(29,30)31)32-34-19(15-36-14-16-7-4-3-5-8-16)13-33(22(20)34)12-17-9-6-10-18(11-17)24(26,27)28/h3-11,19H,2,12-15H2,1H3. The number of nitrogens with zero attached hydrogens (tertiary/aromatic N) is 3. The summed E-state index contributed by atoms with van der Waals surface area (Å²) in [4.78, 5) is 14.0. The van der Waals surface area contributed by atoms with Crippen LogP contribution in [0.5, 0.6) is 0 Å². The zero-order valence-electron chi connectivity index (χ0n) is 19.6. The molecule has 4 rings (SSSR count). The molecule has 1 atom stereocenters. The molecule has 1 aliphatic heterocycles. The Bertz CT molecular complexity index is 1240. The van der Waals surface area contributed by atoms with E-state index < -0.39 is 41.2 Å². The number of benzene rings is 2. The third-order valence-electron chi connectivity index (χ3n) is 5.76. The predicted octanol–water partition coefficient (Wildman–Crippen LogP) is 5.88. The van der Waals surface area contributed by atoms with Crippen molar-refractivity contribution in [2.75, 3.05) is 24.7 Å². The van der Waals surface area contributed by atoms with Gasteiger partial charge in [0.15, 0.2) is 5.69 Å². The number of carbonyl (C=O) groups excluding carboxylic acids is 1. The van der Waals surface area contributed by atoms with Crippen molar-refractivity contribution in [1.82, 2.24) is 9.78 Å². The molecule has 0 amide bonds. The molecule has 2 aromatic carbocycles. The average molecular weight is 527 g/mol. The minimum absolute atomic E-state index is 0.0395. The van der Waals surface area contributed by atoms with E-state index in [1.807, 2.05) is 30.3 Å². The summed E-state index contributed by atoms with van der Waals surface area (Å²) >= 11 is 0. The van der Waals surface area contributed by atoms with Gasteiger partial charge < -0.3 is 14.4 Å². The summed E-state index contributed by atoms with van der Waals surface area (Å²) in [5.41, 5.74) is -2.02. The fourth-order valence-electron chi connectivity index (χ4n) is 4.21. The van der Waals surface area contributed by atoms with Gasteiger partial charge in [0.2, 0.25) is 0 Å². The Kier molecular flexibility index (Phi) is 7.49. The second-order valence-electron chi connectivity index (χ2n) is 8.44. The summed E-state index contributed by atoms with van der Waals surface area (Å²) < 4.78 is 93.0. The first-order valence-electron chi connectivity index (χ1n) is 11.4. The number of alkyl halides is 6. The van der Waals surface area contributed by atoms with Crippen LogP contribution >= 0.6 is 0 Å². The van der Waals surface area contributed by atoms with Crippen LogP contribution in [0.1, 0.15) is 45.7 Å². The molecule has 0 radical (unpaired) electrons. The lowest BCUT2D eigenvalue weighted by Gasteiger charge is -2.21. The highest BCUT2D eigenvalue weighted by atomic mass is 19.4. The highest BCUT2D eigenvalue weighted by Gasteiger charge is 2.46. The van der Waals surface area contributed by atoms with Crippen molar-refractivity contribution in [1.29, 1.82) is 0 Å². The monoisotopic (exact) mass is 527 g/mol. The lowest BCUT2D eigenvalue weighted by molar-refractivity contribution is -0.142. The van der Waals surface area contributed by atoms with Crippen LogP contribution in [0.2, 0.25) is 0 Å². The Morgan fingerprint density at radius 3 is 2.35 bits per heavy atom. The Labute approximate surface area is 208 Å². The maximum atomic E-state index is 13.9. The van der Waals surface area contributed by atoms with Gasteiger partial charge >= 0.3 is 18.3 Å². The largest absolute Gasteiger partial charge is 0.462 e. The Hall–Kier alpha value is -3.54. The molecule has 37 heavy (non-hydrogen) atoms. The molecular formula is C25H23F6N3O3. The molecule has 12 heteroatoms. The predicted molar refractivity (Wildman–Crippen MR) is 121 cm³/mol. The van der Waals surface area contributed by atoms with E-state index in [4.69, 9.17) is 9.47 Å². The number of rotatable bonds is 8. The summed E-state index contributed by atoms with van der Waals surface area (Å²) in [6, 6.07) is 12.9. The molecule has 0 fully saturated rings. The van der Waals surface area contributed by atoms with Crippen LogP contribution in [0.4, 0.5) is 32.2 Å². The summed E-state index contributed by atoms with van der Waals surface area (Å²) in [6.07, 6.45) is -9.55. The molecule has 2 heterocycles. The number of hydrogen-bond acceptors (Lipinski definition) is 5. The fourth-order valence-corrected chi connectivity index (χ4v) is 4.21. The zero-order valence-corrected chi connectivity index (χ0v) is 19.6. The van der Waals surface area contributed by atoms with Gasteiger partial charge in [0.1, 0.15) is 11.4 Å². The summed E-state index contributed by atoms with van der Waals surface area (Å²) in [7, 11) is 0. The molecule has 0 saturated heterocycles. The van der Waals surface area contributed by atoms with E-state index in [1.54, 1.807) is 0 Å². The minimum atomic E-state index is -4.96. The number of carbonyl (C=O) groups is 1. The summed E-state index contributed by atoms with van der Waals surface area (Å²) in [5.74, 6) is -1.38. The molecule has 6 nitrogen and oxygen atoms in total. The molecule has 0 bridgehead atoms. The van der Waals surface area contributed by atoms with E-state index in [-0.39, 0.29) is 44.3 Å². The van der Waals surface area contributed by atoms with E-state index in [1.165, 1.54) is 24.0 Å². The molecule has 0 N–H and O–H groups in total. The summed E-state index contributed by atoms with van der Waals surface area (Å²) in [6.45, 7) is 1.32. The minimum Gasteiger partial charge on any atom is -0.462 e. The first-order valence-corrected chi connectivity index (χ1v) is 11.4. The van der Waals surface area contributed by atoms with Crippen LogP contribution < -0.4 is 4.90 Å². The van der Waals surface area contributed by atoms with E-state index in [9.17, 15) is 31.1 Å². The molecule has 0 spiro atoms. The molecule has 0 aliphatic carbocycles. The molecule has 198 valence electrons. The van der Waals surface area contributed by atoms with Crippen molar-refractivity contribution in [3.63, 3.8) is 0 Å². The molecule has 1 aliphatic rings. The van der Waals surface area contributed by atoms with Gasteiger partial charge in [0.25, 0.3) is 0 Å². The first kappa shape index (κ1) is 26.5. The first-order chi connectivity index (χ1) is 17.5. The smallest absolute Gasteiger partial charge is 0.436 e. The second kappa shape index (κ2) is 10.4. The van der Waals surface area contributed by atoms with E-state index in [0.717, 1.165) is 22.4 Å². The molecule has 3 aromatic rings. The van der Waals surface area contributed by atoms with Gasteiger partial charge in [-0.2, -0.15) is 31.4 Å². The van der Waals surface area contributed by atoms with Gasteiger partial charge in [-0.05, 0) is 30.2 Å². The van der Waals surface area contributed by atoms with Crippen molar-refractivity contribution in [2.45, 2.75) is 38.5 Å². The average Bonchev–Trinajstić information content (AvgIpc) is 3.38. The van der Waals surface area contributed by atoms with Crippen LogP contribution in [-0.4, -0.2) is 35.5 Å². The molecule has 1 unspecified atom stereocenters. The molecular weight excluding hydrogens is 504 g/mol. The van der Waals surface area contributed by atoms with Gasteiger partial charge in [0.05, 0.1) is 31.4 Å². The Balaban J connectivity index is 1.69. The number of halogens is 6.